The maximum absolute atomic E-state index is 12.3. The van der Waals surface area contributed by atoms with Crippen molar-refractivity contribution < 1.29 is 8.42 Å². The number of sulfone groups is 1. The summed E-state index contributed by atoms with van der Waals surface area (Å²) < 4.78 is 26.4. The van der Waals surface area contributed by atoms with Crippen molar-refractivity contribution >= 4 is 21.0 Å². The lowest BCUT2D eigenvalue weighted by molar-refractivity contribution is 0.597. The van der Waals surface area contributed by atoms with E-state index < -0.39 is 9.84 Å². The second kappa shape index (κ2) is 5.17. The number of aromatic nitrogens is 4. The van der Waals surface area contributed by atoms with E-state index in [1.165, 1.54) is 6.20 Å². The van der Waals surface area contributed by atoms with Gasteiger partial charge < -0.3 is 4.57 Å². The van der Waals surface area contributed by atoms with Crippen molar-refractivity contribution in [2.24, 2.45) is 7.05 Å². The van der Waals surface area contributed by atoms with E-state index in [-0.39, 0.29) is 10.6 Å². The van der Waals surface area contributed by atoms with E-state index in [1.807, 2.05) is 20.0 Å². The molecule has 6 nitrogen and oxygen atoms in total. The van der Waals surface area contributed by atoms with Crippen molar-refractivity contribution in [2.45, 2.75) is 18.7 Å². The average molecular weight is 316 g/mol. The quantitative estimate of drug-likeness (QED) is 0.739. The first-order chi connectivity index (χ1) is 10.4. The Balaban J connectivity index is 2.31. The van der Waals surface area contributed by atoms with E-state index in [1.54, 1.807) is 30.0 Å². The number of hydrogen-bond acceptors (Lipinski definition) is 5. The molecule has 0 spiro atoms. The van der Waals surface area contributed by atoms with Crippen LogP contribution in [0.4, 0.5) is 0 Å². The first-order valence-corrected chi connectivity index (χ1v) is 8.55. The maximum atomic E-state index is 12.3. The van der Waals surface area contributed by atoms with Gasteiger partial charge in [0.2, 0.25) is 0 Å². The highest BCUT2D eigenvalue weighted by molar-refractivity contribution is 7.91. The minimum atomic E-state index is -3.38. The van der Waals surface area contributed by atoms with E-state index >= 15 is 0 Å². The summed E-state index contributed by atoms with van der Waals surface area (Å²) in [6, 6.07) is 3.61. The van der Waals surface area contributed by atoms with Crippen molar-refractivity contribution in [2.75, 3.05) is 5.75 Å². The molecular weight excluding hydrogens is 300 g/mol. The molecule has 0 amide bonds. The van der Waals surface area contributed by atoms with Crippen LogP contribution < -0.4 is 0 Å². The molecule has 3 aromatic heterocycles. The topological polar surface area (TPSA) is 77.7 Å². The Morgan fingerprint density at radius 1 is 1.27 bits per heavy atom. The Morgan fingerprint density at radius 2 is 2.05 bits per heavy atom. The maximum Gasteiger partial charge on any atom is 0.180 e. The molecule has 0 saturated carbocycles. The van der Waals surface area contributed by atoms with Crippen LogP contribution in [0.15, 0.2) is 35.6 Å². The largest absolute Gasteiger partial charge is 0.312 e. The van der Waals surface area contributed by atoms with Crippen LogP contribution in [0.2, 0.25) is 0 Å². The molecule has 0 radical (unpaired) electrons. The third-order valence-corrected chi connectivity index (χ3v) is 5.34. The van der Waals surface area contributed by atoms with Crippen LogP contribution in [0.5, 0.6) is 0 Å². The predicted molar refractivity (Wildman–Crippen MR) is 84.2 cm³/mol. The van der Waals surface area contributed by atoms with Gasteiger partial charge in [0.05, 0.1) is 10.6 Å². The van der Waals surface area contributed by atoms with E-state index in [2.05, 4.69) is 15.0 Å². The normalized spacial score (nSPS) is 12.0. The highest BCUT2D eigenvalue weighted by Crippen LogP contribution is 2.28. The molecule has 0 N–H and O–H groups in total. The molecule has 22 heavy (non-hydrogen) atoms. The lowest BCUT2D eigenvalue weighted by Crippen LogP contribution is -2.07. The molecule has 114 valence electrons. The third-order valence-electron chi connectivity index (χ3n) is 3.59. The Hall–Kier alpha value is -2.28. The Bertz CT molecular complexity index is 961. The molecule has 0 aliphatic heterocycles. The van der Waals surface area contributed by atoms with Crippen LogP contribution in [0.1, 0.15) is 12.5 Å². The van der Waals surface area contributed by atoms with Gasteiger partial charge in [-0.25, -0.2) is 18.4 Å². The Morgan fingerprint density at radius 3 is 2.77 bits per heavy atom. The van der Waals surface area contributed by atoms with Crippen molar-refractivity contribution in [3.8, 4) is 11.4 Å². The average Bonchev–Trinajstić information content (AvgIpc) is 2.83. The van der Waals surface area contributed by atoms with Crippen LogP contribution >= 0.6 is 0 Å². The molecule has 7 heteroatoms. The second-order valence-electron chi connectivity index (χ2n) is 5.13. The summed E-state index contributed by atoms with van der Waals surface area (Å²) in [5.74, 6) is 0.593. The summed E-state index contributed by atoms with van der Waals surface area (Å²) >= 11 is 0. The fourth-order valence-electron chi connectivity index (χ4n) is 2.39. The molecule has 3 aromatic rings. The lowest BCUT2D eigenvalue weighted by atomic mass is 10.2. The van der Waals surface area contributed by atoms with Crippen LogP contribution in [0.3, 0.4) is 0 Å². The van der Waals surface area contributed by atoms with Gasteiger partial charge in [-0.1, -0.05) is 6.92 Å². The molecule has 3 heterocycles. The van der Waals surface area contributed by atoms with Crippen molar-refractivity contribution in [1.82, 2.24) is 19.5 Å². The summed E-state index contributed by atoms with van der Waals surface area (Å²) in [5.41, 5.74) is 3.02. The molecular formula is C15H16N4O2S. The fourth-order valence-corrected chi connectivity index (χ4v) is 3.41. The number of pyridine rings is 2. The standard InChI is InChI=1S/C15H16N4O2S/c1-4-22(20,21)13-9-16-6-5-11(13)14-18-12-7-10(2)8-17-15(12)19(14)3/h5-9H,4H2,1-3H3. The Labute approximate surface area is 128 Å². The van der Waals surface area contributed by atoms with Crippen LogP contribution in [-0.4, -0.2) is 33.7 Å². The zero-order chi connectivity index (χ0) is 15.9. The molecule has 0 aliphatic rings. The summed E-state index contributed by atoms with van der Waals surface area (Å²) in [6.45, 7) is 3.56. The first kappa shape index (κ1) is 14.6. The molecule has 0 unspecified atom stereocenters. The monoisotopic (exact) mass is 316 g/mol. The summed E-state index contributed by atoms with van der Waals surface area (Å²) in [4.78, 5) is 13.1. The van der Waals surface area contributed by atoms with Crippen molar-refractivity contribution in [3.05, 3.63) is 36.3 Å². The van der Waals surface area contributed by atoms with E-state index in [0.29, 0.717) is 11.4 Å². The third kappa shape index (κ3) is 2.27. The molecule has 3 rings (SSSR count). The van der Waals surface area contributed by atoms with Gasteiger partial charge in [0, 0.05) is 31.2 Å². The van der Waals surface area contributed by atoms with Gasteiger partial charge >= 0.3 is 0 Å². The van der Waals surface area contributed by atoms with Gasteiger partial charge in [-0.05, 0) is 24.6 Å². The van der Waals surface area contributed by atoms with Gasteiger partial charge in [-0.3, -0.25) is 4.98 Å². The first-order valence-electron chi connectivity index (χ1n) is 6.90. The number of rotatable bonds is 3. The zero-order valence-electron chi connectivity index (χ0n) is 12.6. The molecule has 0 saturated heterocycles. The number of hydrogen-bond donors (Lipinski definition) is 0. The van der Waals surface area contributed by atoms with Gasteiger partial charge in [0.1, 0.15) is 11.3 Å². The lowest BCUT2D eigenvalue weighted by Gasteiger charge is -2.08. The summed E-state index contributed by atoms with van der Waals surface area (Å²) in [6.07, 6.45) is 4.72. The second-order valence-corrected chi connectivity index (χ2v) is 7.37. The molecule has 0 fully saturated rings. The van der Waals surface area contributed by atoms with Gasteiger partial charge in [0.25, 0.3) is 0 Å². The molecule has 0 atom stereocenters. The minimum absolute atomic E-state index is 0.0208. The number of nitrogens with zero attached hydrogens (tertiary/aromatic N) is 4. The van der Waals surface area contributed by atoms with Gasteiger partial charge in [-0.2, -0.15) is 0 Å². The fraction of sp³-hybridized carbons (Fsp3) is 0.267. The highest BCUT2D eigenvalue weighted by atomic mass is 32.2. The smallest absolute Gasteiger partial charge is 0.180 e. The number of imidazole rings is 1. The zero-order valence-corrected chi connectivity index (χ0v) is 13.4. The molecule has 0 bridgehead atoms. The minimum Gasteiger partial charge on any atom is -0.312 e. The highest BCUT2D eigenvalue weighted by Gasteiger charge is 2.21. The van der Waals surface area contributed by atoms with Crippen LogP contribution in [0.25, 0.3) is 22.6 Å². The van der Waals surface area contributed by atoms with Gasteiger partial charge in [-0.15, -0.1) is 0 Å². The van der Waals surface area contributed by atoms with E-state index in [9.17, 15) is 8.42 Å². The van der Waals surface area contributed by atoms with Crippen LogP contribution in [-0.2, 0) is 16.9 Å². The SMILES string of the molecule is CCS(=O)(=O)c1cnccc1-c1nc2cc(C)cnc2n1C. The van der Waals surface area contributed by atoms with Crippen molar-refractivity contribution in [3.63, 3.8) is 0 Å². The molecule has 0 aliphatic carbocycles. The van der Waals surface area contributed by atoms with E-state index in [4.69, 9.17) is 0 Å². The number of aryl methyl sites for hydroxylation is 2. The summed E-state index contributed by atoms with van der Waals surface area (Å²) in [5, 5.41) is 0. The summed E-state index contributed by atoms with van der Waals surface area (Å²) in [7, 11) is -1.55. The Kier molecular flexibility index (Phi) is 3.44. The molecule has 0 aromatic carbocycles. The predicted octanol–water partition coefficient (Wildman–Crippen LogP) is 2.13. The van der Waals surface area contributed by atoms with E-state index in [0.717, 1.165) is 16.7 Å². The van der Waals surface area contributed by atoms with Crippen molar-refractivity contribution in [1.29, 1.82) is 0 Å². The van der Waals surface area contributed by atoms with Crippen LogP contribution in [0, 0.1) is 6.92 Å². The number of fused-ring (bicyclic) bond motifs is 1. The van der Waals surface area contributed by atoms with Gasteiger partial charge in [0.15, 0.2) is 15.5 Å².